The molecular weight excluding hydrogens is 364 g/mol. The van der Waals surface area contributed by atoms with Gasteiger partial charge in [0, 0.05) is 0 Å². The van der Waals surface area contributed by atoms with Crippen LogP contribution in [0.15, 0.2) is 72.8 Å². The summed E-state index contributed by atoms with van der Waals surface area (Å²) >= 11 is 1.60. The number of hydrogen-bond donors (Lipinski definition) is 0. The highest BCUT2D eigenvalue weighted by atomic mass is 32.1. The van der Waals surface area contributed by atoms with Crippen LogP contribution in [-0.2, 0) is 17.8 Å². The number of anilines is 1. The van der Waals surface area contributed by atoms with Crippen molar-refractivity contribution in [2.75, 3.05) is 4.90 Å². The molecule has 4 rings (SSSR count). The van der Waals surface area contributed by atoms with E-state index in [-0.39, 0.29) is 5.91 Å². The molecule has 1 amide bonds. The highest BCUT2D eigenvalue weighted by Crippen LogP contribution is 2.34. The van der Waals surface area contributed by atoms with Gasteiger partial charge in [-0.25, -0.2) is 4.98 Å². The van der Waals surface area contributed by atoms with E-state index in [2.05, 4.69) is 26.0 Å². The second-order valence-electron chi connectivity index (χ2n) is 7.00. The SMILES string of the molecule is Cc1ccc(C)c2sc(N(Cc3ccccc3)C(=O)Cc3ccccc3)nc12. The molecule has 28 heavy (non-hydrogen) atoms. The fraction of sp³-hybridized carbons (Fsp3) is 0.167. The van der Waals surface area contributed by atoms with Crippen LogP contribution in [0.25, 0.3) is 10.2 Å². The molecule has 1 aromatic heterocycles. The van der Waals surface area contributed by atoms with Gasteiger partial charge in [-0.15, -0.1) is 0 Å². The Morgan fingerprint density at radius 1 is 0.857 bits per heavy atom. The van der Waals surface area contributed by atoms with Crippen LogP contribution in [-0.4, -0.2) is 10.9 Å². The molecule has 140 valence electrons. The van der Waals surface area contributed by atoms with Crippen molar-refractivity contribution in [1.82, 2.24) is 4.98 Å². The number of aryl methyl sites for hydroxylation is 2. The smallest absolute Gasteiger partial charge is 0.233 e. The Labute approximate surface area is 169 Å². The van der Waals surface area contributed by atoms with E-state index in [1.807, 2.05) is 65.6 Å². The zero-order chi connectivity index (χ0) is 19.5. The van der Waals surface area contributed by atoms with Crippen molar-refractivity contribution in [3.05, 3.63) is 95.1 Å². The van der Waals surface area contributed by atoms with E-state index in [1.165, 1.54) is 5.56 Å². The van der Waals surface area contributed by atoms with Crippen LogP contribution in [0.2, 0.25) is 0 Å². The molecule has 4 heteroatoms. The van der Waals surface area contributed by atoms with E-state index in [1.54, 1.807) is 11.3 Å². The van der Waals surface area contributed by atoms with Crippen molar-refractivity contribution in [3.63, 3.8) is 0 Å². The molecule has 0 unspecified atom stereocenters. The predicted octanol–water partition coefficient (Wildman–Crippen LogP) is 5.69. The molecule has 4 aromatic rings. The van der Waals surface area contributed by atoms with Crippen LogP contribution in [0.3, 0.4) is 0 Å². The van der Waals surface area contributed by atoms with Gasteiger partial charge in [0.15, 0.2) is 5.13 Å². The third-order valence-corrected chi connectivity index (χ3v) is 6.06. The Morgan fingerprint density at radius 3 is 2.11 bits per heavy atom. The maximum atomic E-state index is 13.3. The summed E-state index contributed by atoms with van der Waals surface area (Å²) in [5.74, 6) is 0.0596. The summed E-state index contributed by atoms with van der Waals surface area (Å²) in [4.78, 5) is 19.9. The highest BCUT2D eigenvalue weighted by Gasteiger charge is 2.21. The number of rotatable bonds is 5. The molecule has 3 nitrogen and oxygen atoms in total. The van der Waals surface area contributed by atoms with E-state index >= 15 is 0 Å². The van der Waals surface area contributed by atoms with Crippen LogP contribution in [0.5, 0.6) is 0 Å². The molecular formula is C24H22N2OS. The van der Waals surface area contributed by atoms with Crippen LogP contribution in [0, 0.1) is 13.8 Å². The van der Waals surface area contributed by atoms with E-state index in [0.717, 1.165) is 32.0 Å². The third-order valence-electron chi connectivity index (χ3n) is 4.84. The number of aromatic nitrogens is 1. The minimum Gasteiger partial charge on any atom is -0.283 e. The van der Waals surface area contributed by atoms with Crippen molar-refractivity contribution in [2.45, 2.75) is 26.8 Å². The fourth-order valence-corrected chi connectivity index (χ4v) is 4.39. The van der Waals surface area contributed by atoms with E-state index in [4.69, 9.17) is 4.98 Å². The summed E-state index contributed by atoms with van der Waals surface area (Å²) in [5, 5.41) is 0.761. The lowest BCUT2D eigenvalue weighted by molar-refractivity contribution is -0.118. The predicted molar refractivity (Wildman–Crippen MR) is 117 cm³/mol. The molecule has 0 saturated heterocycles. The van der Waals surface area contributed by atoms with E-state index in [0.29, 0.717) is 13.0 Å². The summed E-state index contributed by atoms with van der Waals surface area (Å²) in [5.41, 5.74) is 5.43. The Kier molecular flexibility index (Phi) is 5.22. The molecule has 0 N–H and O–H groups in total. The largest absolute Gasteiger partial charge is 0.283 e. The number of amides is 1. The van der Waals surface area contributed by atoms with Crippen molar-refractivity contribution in [1.29, 1.82) is 0 Å². The zero-order valence-corrected chi connectivity index (χ0v) is 16.9. The van der Waals surface area contributed by atoms with Gasteiger partial charge in [0.05, 0.1) is 23.2 Å². The topological polar surface area (TPSA) is 33.2 Å². The van der Waals surface area contributed by atoms with Gasteiger partial charge in [-0.1, -0.05) is 84.1 Å². The molecule has 0 aliphatic rings. The molecule has 1 heterocycles. The lowest BCUT2D eigenvalue weighted by atomic mass is 10.1. The van der Waals surface area contributed by atoms with Gasteiger partial charge in [0.2, 0.25) is 5.91 Å². The maximum absolute atomic E-state index is 13.3. The second-order valence-corrected chi connectivity index (χ2v) is 7.98. The van der Waals surface area contributed by atoms with Crippen LogP contribution < -0.4 is 4.90 Å². The molecule has 0 saturated carbocycles. The Hall–Kier alpha value is -2.98. The van der Waals surface area contributed by atoms with E-state index < -0.39 is 0 Å². The quantitative estimate of drug-likeness (QED) is 0.441. The lowest BCUT2D eigenvalue weighted by Crippen LogP contribution is -2.31. The van der Waals surface area contributed by atoms with Gasteiger partial charge in [-0.3, -0.25) is 9.69 Å². The molecule has 0 spiro atoms. The minimum absolute atomic E-state index is 0.0596. The molecule has 0 aliphatic heterocycles. The number of carbonyl (C=O) groups is 1. The number of carbonyl (C=O) groups excluding carboxylic acids is 1. The number of hydrogen-bond acceptors (Lipinski definition) is 3. The summed E-state index contributed by atoms with van der Waals surface area (Å²) in [6, 6.07) is 24.2. The van der Waals surface area contributed by atoms with Gasteiger partial charge in [-0.05, 0) is 36.1 Å². The van der Waals surface area contributed by atoms with Crippen molar-refractivity contribution in [3.8, 4) is 0 Å². The highest BCUT2D eigenvalue weighted by molar-refractivity contribution is 7.22. The fourth-order valence-electron chi connectivity index (χ4n) is 3.26. The monoisotopic (exact) mass is 386 g/mol. The molecule has 0 atom stereocenters. The van der Waals surface area contributed by atoms with Crippen molar-refractivity contribution >= 4 is 32.6 Å². The summed E-state index contributed by atoms with van der Waals surface area (Å²) in [7, 11) is 0. The minimum atomic E-state index is 0.0596. The Bertz CT molecular complexity index is 1060. The van der Waals surface area contributed by atoms with Gasteiger partial charge < -0.3 is 0 Å². The number of fused-ring (bicyclic) bond motifs is 1. The molecule has 0 bridgehead atoms. The number of benzene rings is 3. The standard InChI is InChI=1S/C24H22N2OS/c1-17-13-14-18(2)23-22(17)25-24(28-23)26(16-20-11-7-4-8-12-20)21(27)15-19-9-5-3-6-10-19/h3-14H,15-16H2,1-2H3. The zero-order valence-electron chi connectivity index (χ0n) is 16.1. The molecule has 0 radical (unpaired) electrons. The first-order valence-electron chi connectivity index (χ1n) is 9.37. The van der Waals surface area contributed by atoms with Crippen LogP contribution >= 0.6 is 11.3 Å². The van der Waals surface area contributed by atoms with Crippen LogP contribution in [0.4, 0.5) is 5.13 Å². The lowest BCUT2D eigenvalue weighted by Gasteiger charge is -2.20. The second kappa shape index (κ2) is 7.95. The number of thiazole rings is 1. The van der Waals surface area contributed by atoms with Gasteiger partial charge >= 0.3 is 0 Å². The Balaban J connectivity index is 1.73. The van der Waals surface area contributed by atoms with Crippen molar-refractivity contribution < 1.29 is 4.79 Å². The summed E-state index contributed by atoms with van der Waals surface area (Å²) < 4.78 is 1.15. The van der Waals surface area contributed by atoms with Crippen molar-refractivity contribution in [2.24, 2.45) is 0 Å². The maximum Gasteiger partial charge on any atom is 0.233 e. The molecule has 0 aliphatic carbocycles. The van der Waals surface area contributed by atoms with Gasteiger partial charge in [0.25, 0.3) is 0 Å². The van der Waals surface area contributed by atoms with Crippen LogP contribution in [0.1, 0.15) is 22.3 Å². The van der Waals surface area contributed by atoms with E-state index in [9.17, 15) is 4.79 Å². The van der Waals surface area contributed by atoms with Gasteiger partial charge in [0.1, 0.15) is 0 Å². The first kappa shape index (κ1) is 18.4. The third kappa shape index (κ3) is 3.82. The summed E-state index contributed by atoms with van der Waals surface area (Å²) in [6.07, 6.45) is 0.363. The first-order chi connectivity index (χ1) is 13.6. The molecule has 3 aromatic carbocycles. The molecule has 0 fully saturated rings. The normalized spacial score (nSPS) is 10.9. The Morgan fingerprint density at radius 2 is 1.46 bits per heavy atom. The average molecular weight is 387 g/mol. The average Bonchev–Trinajstić information content (AvgIpc) is 3.17. The summed E-state index contributed by atoms with van der Waals surface area (Å²) in [6.45, 7) is 4.68. The first-order valence-corrected chi connectivity index (χ1v) is 10.2. The number of nitrogens with zero attached hydrogens (tertiary/aromatic N) is 2. The van der Waals surface area contributed by atoms with Gasteiger partial charge in [-0.2, -0.15) is 0 Å².